The first-order valence-electron chi connectivity index (χ1n) is 12.0. The number of amides is 2. The topological polar surface area (TPSA) is 92.7 Å². The van der Waals surface area contributed by atoms with Crippen LogP contribution in [0.25, 0.3) is 0 Å². The Bertz CT molecular complexity index is 1090. The molecule has 2 aromatic rings. The standard InChI is InChI=1S/C26H32N4O5S/c1-33-23-11-8-20(16-24(23)34-2)22-18-36-26(32)30(28-22)17-19-6-9-21(10-7-19)27-25(31)35-15-5-14-29-12-3-4-13-29/h6-11,16H,3-5,12-15,17-18H2,1-2H3,(H,27,31). The molecule has 2 aliphatic rings. The minimum atomic E-state index is -0.462. The number of thioether (sulfide) groups is 1. The van der Waals surface area contributed by atoms with Crippen LogP contribution in [0.2, 0.25) is 0 Å². The molecule has 1 fully saturated rings. The second kappa shape index (κ2) is 12.6. The van der Waals surface area contributed by atoms with Gasteiger partial charge in [0, 0.05) is 23.5 Å². The summed E-state index contributed by atoms with van der Waals surface area (Å²) in [4.78, 5) is 26.9. The number of hydrogen-bond acceptors (Lipinski definition) is 8. The molecule has 2 amide bonds. The Morgan fingerprint density at radius 1 is 1.06 bits per heavy atom. The van der Waals surface area contributed by atoms with E-state index in [4.69, 9.17) is 14.2 Å². The van der Waals surface area contributed by atoms with Gasteiger partial charge in [-0.1, -0.05) is 23.9 Å². The van der Waals surface area contributed by atoms with Crippen LogP contribution in [-0.2, 0) is 11.3 Å². The van der Waals surface area contributed by atoms with Crippen LogP contribution in [0.1, 0.15) is 30.4 Å². The van der Waals surface area contributed by atoms with Crippen molar-refractivity contribution in [3.63, 3.8) is 0 Å². The molecule has 2 heterocycles. The van der Waals surface area contributed by atoms with Gasteiger partial charge in [-0.3, -0.25) is 10.1 Å². The Morgan fingerprint density at radius 2 is 1.81 bits per heavy atom. The van der Waals surface area contributed by atoms with Gasteiger partial charge in [0.1, 0.15) is 0 Å². The summed E-state index contributed by atoms with van der Waals surface area (Å²) in [5, 5.41) is 8.68. The summed E-state index contributed by atoms with van der Waals surface area (Å²) >= 11 is 1.21. The monoisotopic (exact) mass is 512 g/mol. The van der Waals surface area contributed by atoms with Crippen LogP contribution in [-0.4, -0.2) is 73.2 Å². The van der Waals surface area contributed by atoms with Crippen molar-refractivity contribution in [1.29, 1.82) is 0 Å². The van der Waals surface area contributed by atoms with Crippen molar-refractivity contribution in [2.45, 2.75) is 25.8 Å². The number of rotatable bonds is 10. The van der Waals surface area contributed by atoms with E-state index < -0.39 is 6.09 Å². The quantitative estimate of drug-likeness (QED) is 0.457. The Morgan fingerprint density at radius 3 is 2.53 bits per heavy atom. The smallest absolute Gasteiger partial charge is 0.411 e. The van der Waals surface area contributed by atoms with E-state index in [9.17, 15) is 9.59 Å². The van der Waals surface area contributed by atoms with E-state index >= 15 is 0 Å². The summed E-state index contributed by atoms with van der Waals surface area (Å²) < 4.78 is 16.0. The highest BCUT2D eigenvalue weighted by Gasteiger charge is 2.23. The SMILES string of the molecule is COc1ccc(C2=NN(Cc3ccc(NC(=O)OCCCN4CCCC4)cc3)C(=O)SC2)cc1OC. The minimum Gasteiger partial charge on any atom is -0.493 e. The van der Waals surface area contributed by atoms with E-state index in [1.54, 1.807) is 26.4 Å². The lowest BCUT2D eigenvalue weighted by molar-refractivity contribution is 0.154. The van der Waals surface area contributed by atoms with Crippen LogP contribution in [0.3, 0.4) is 0 Å². The van der Waals surface area contributed by atoms with Gasteiger partial charge in [-0.15, -0.1) is 0 Å². The van der Waals surface area contributed by atoms with Crippen LogP contribution in [0.5, 0.6) is 11.5 Å². The molecule has 0 atom stereocenters. The fraction of sp³-hybridized carbons (Fsp3) is 0.423. The number of nitrogens with zero attached hydrogens (tertiary/aromatic N) is 3. The third kappa shape index (κ3) is 6.92. The molecule has 36 heavy (non-hydrogen) atoms. The highest BCUT2D eigenvalue weighted by molar-refractivity contribution is 8.14. The van der Waals surface area contributed by atoms with Crippen LogP contribution < -0.4 is 14.8 Å². The predicted molar refractivity (Wildman–Crippen MR) is 141 cm³/mol. The van der Waals surface area contributed by atoms with Gasteiger partial charge < -0.3 is 19.1 Å². The van der Waals surface area contributed by atoms with E-state index in [1.165, 1.54) is 29.6 Å². The van der Waals surface area contributed by atoms with Gasteiger partial charge in [-0.2, -0.15) is 5.10 Å². The Kier molecular flexibility index (Phi) is 9.07. The maximum absolute atomic E-state index is 12.5. The number of benzene rings is 2. The average Bonchev–Trinajstić information content (AvgIpc) is 3.42. The van der Waals surface area contributed by atoms with E-state index in [1.807, 2.05) is 30.3 Å². The van der Waals surface area contributed by atoms with Gasteiger partial charge in [-0.05, 0) is 68.2 Å². The molecule has 1 saturated heterocycles. The van der Waals surface area contributed by atoms with Crippen molar-refractivity contribution in [3.8, 4) is 11.5 Å². The van der Waals surface area contributed by atoms with Gasteiger partial charge in [-0.25, -0.2) is 9.80 Å². The molecule has 0 radical (unpaired) electrons. The number of hydrogen-bond donors (Lipinski definition) is 1. The van der Waals surface area contributed by atoms with Gasteiger partial charge in [0.05, 0.1) is 33.1 Å². The third-order valence-electron chi connectivity index (χ3n) is 6.08. The number of carbonyl (C=O) groups is 2. The van der Waals surface area contributed by atoms with Crippen molar-refractivity contribution in [3.05, 3.63) is 53.6 Å². The van der Waals surface area contributed by atoms with Crippen LogP contribution in [0.15, 0.2) is 47.6 Å². The lowest BCUT2D eigenvalue weighted by atomic mass is 10.1. The first-order valence-corrected chi connectivity index (χ1v) is 13.0. The third-order valence-corrected chi connectivity index (χ3v) is 6.96. The zero-order valence-electron chi connectivity index (χ0n) is 20.7. The molecular formula is C26H32N4O5S. The molecule has 0 unspecified atom stereocenters. The summed E-state index contributed by atoms with van der Waals surface area (Å²) in [5.41, 5.74) is 3.19. The maximum Gasteiger partial charge on any atom is 0.411 e. The normalized spacial score (nSPS) is 16.0. The Labute approximate surface area is 215 Å². The number of carbonyl (C=O) groups excluding carboxylic acids is 2. The lowest BCUT2D eigenvalue weighted by Gasteiger charge is -2.23. The van der Waals surface area contributed by atoms with Gasteiger partial charge >= 0.3 is 11.3 Å². The number of nitrogens with one attached hydrogen (secondary N) is 1. The zero-order valence-corrected chi connectivity index (χ0v) is 21.5. The highest BCUT2D eigenvalue weighted by Crippen LogP contribution is 2.30. The molecule has 0 spiro atoms. The molecule has 0 aliphatic carbocycles. The van der Waals surface area contributed by atoms with Crippen LogP contribution in [0, 0.1) is 0 Å². The molecule has 2 aliphatic heterocycles. The number of hydrazone groups is 1. The second-order valence-electron chi connectivity index (χ2n) is 8.59. The number of likely N-dealkylation sites (tertiary alicyclic amines) is 1. The van der Waals surface area contributed by atoms with Gasteiger partial charge in [0.2, 0.25) is 0 Å². The maximum atomic E-state index is 12.5. The fourth-order valence-corrected chi connectivity index (χ4v) is 4.90. The molecular weight excluding hydrogens is 480 g/mol. The van der Waals surface area contributed by atoms with Crippen molar-refractivity contribution in [2.24, 2.45) is 5.10 Å². The summed E-state index contributed by atoms with van der Waals surface area (Å²) in [6, 6.07) is 12.9. The fourth-order valence-electron chi connectivity index (χ4n) is 4.16. The van der Waals surface area contributed by atoms with Crippen LogP contribution in [0.4, 0.5) is 15.3 Å². The average molecular weight is 513 g/mol. The minimum absolute atomic E-state index is 0.112. The molecule has 9 nitrogen and oxygen atoms in total. The summed E-state index contributed by atoms with van der Waals surface area (Å²) in [5.74, 6) is 1.73. The zero-order chi connectivity index (χ0) is 25.3. The van der Waals surface area contributed by atoms with E-state index in [-0.39, 0.29) is 5.24 Å². The first-order chi connectivity index (χ1) is 17.6. The largest absolute Gasteiger partial charge is 0.493 e. The summed E-state index contributed by atoms with van der Waals surface area (Å²) in [7, 11) is 3.18. The highest BCUT2D eigenvalue weighted by atomic mass is 32.2. The molecule has 0 bridgehead atoms. The van der Waals surface area contributed by atoms with E-state index in [2.05, 4.69) is 15.3 Å². The first kappa shape index (κ1) is 25.8. The molecule has 0 saturated carbocycles. The summed E-state index contributed by atoms with van der Waals surface area (Å²) in [6.45, 7) is 3.97. The molecule has 192 valence electrons. The number of ether oxygens (including phenoxy) is 3. The molecule has 10 heteroatoms. The van der Waals surface area contributed by atoms with Crippen molar-refractivity contribution in [2.75, 3.05) is 51.5 Å². The summed E-state index contributed by atoms with van der Waals surface area (Å²) in [6.07, 6.45) is 2.89. The van der Waals surface area contributed by atoms with Crippen molar-refractivity contribution >= 4 is 34.5 Å². The number of anilines is 1. The molecule has 1 N–H and O–H groups in total. The molecule has 0 aromatic heterocycles. The Balaban J connectivity index is 1.30. The predicted octanol–water partition coefficient (Wildman–Crippen LogP) is 4.81. The lowest BCUT2D eigenvalue weighted by Crippen LogP contribution is -2.29. The Hall–Kier alpha value is -3.24. The van der Waals surface area contributed by atoms with Crippen molar-refractivity contribution < 1.29 is 23.8 Å². The van der Waals surface area contributed by atoms with Gasteiger partial charge in [0.25, 0.3) is 0 Å². The molecule has 4 rings (SSSR count). The van der Waals surface area contributed by atoms with E-state index in [0.29, 0.717) is 36.1 Å². The van der Waals surface area contributed by atoms with Crippen molar-refractivity contribution in [1.82, 2.24) is 9.91 Å². The molecule has 2 aromatic carbocycles. The second-order valence-corrected chi connectivity index (χ2v) is 9.52. The van der Waals surface area contributed by atoms with Crippen LogP contribution >= 0.6 is 11.8 Å². The van der Waals surface area contributed by atoms with E-state index in [0.717, 1.165) is 42.9 Å². The van der Waals surface area contributed by atoms with Gasteiger partial charge in [0.15, 0.2) is 11.5 Å². The number of methoxy groups -OCH3 is 2.